The first-order valence-electron chi connectivity index (χ1n) is 8.11. The molecule has 1 fully saturated rings. The Morgan fingerprint density at radius 1 is 1.23 bits per heavy atom. The molecule has 0 saturated carbocycles. The number of allylic oxidation sites excluding steroid dienone is 1. The highest BCUT2D eigenvalue weighted by molar-refractivity contribution is 5.87. The molecule has 2 heterocycles. The fourth-order valence-electron chi connectivity index (χ4n) is 3.04. The van der Waals surface area contributed by atoms with E-state index in [0.717, 1.165) is 50.1 Å². The standard InChI is InChI=1S/C18H23NO3/c20-18(19-11-4-1-5-12-19)10-3-2-7-15-8-6-9-17-16(15)13-21-14-22-17/h3,6,8-10H,1-2,4-5,7,11-14H2. The number of likely N-dealkylation sites (tertiary alicyclic amines) is 1. The van der Waals surface area contributed by atoms with E-state index in [1.54, 1.807) is 6.08 Å². The molecule has 22 heavy (non-hydrogen) atoms. The smallest absolute Gasteiger partial charge is 0.246 e. The summed E-state index contributed by atoms with van der Waals surface area (Å²) in [5.41, 5.74) is 2.39. The summed E-state index contributed by atoms with van der Waals surface area (Å²) < 4.78 is 10.8. The lowest BCUT2D eigenvalue weighted by Crippen LogP contribution is -2.34. The van der Waals surface area contributed by atoms with E-state index in [4.69, 9.17) is 9.47 Å². The number of benzene rings is 1. The van der Waals surface area contributed by atoms with Crippen molar-refractivity contribution in [2.45, 2.75) is 38.7 Å². The molecule has 4 nitrogen and oxygen atoms in total. The minimum Gasteiger partial charge on any atom is -0.467 e. The fraction of sp³-hybridized carbons (Fsp3) is 0.500. The van der Waals surface area contributed by atoms with E-state index < -0.39 is 0 Å². The molecule has 0 radical (unpaired) electrons. The number of aryl methyl sites for hydroxylation is 1. The zero-order valence-electron chi connectivity index (χ0n) is 12.9. The molecule has 1 aromatic carbocycles. The molecule has 0 spiro atoms. The highest BCUT2D eigenvalue weighted by Crippen LogP contribution is 2.27. The first-order valence-corrected chi connectivity index (χ1v) is 8.11. The quantitative estimate of drug-likeness (QED) is 0.802. The van der Waals surface area contributed by atoms with Crippen LogP contribution in [0, 0.1) is 0 Å². The second-order valence-electron chi connectivity index (χ2n) is 5.83. The van der Waals surface area contributed by atoms with Crippen molar-refractivity contribution in [3.63, 3.8) is 0 Å². The van der Waals surface area contributed by atoms with E-state index in [0.29, 0.717) is 13.4 Å². The van der Waals surface area contributed by atoms with E-state index >= 15 is 0 Å². The van der Waals surface area contributed by atoms with Crippen LogP contribution in [-0.2, 0) is 22.6 Å². The van der Waals surface area contributed by atoms with Crippen molar-refractivity contribution >= 4 is 5.91 Å². The van der Waals surface area contributed by atoms with Crippen molar-refractivity contribution in [3.05, 3.63) is 41.5 Å². The summed E-state index contributed by atoms with van der Waals surface area (Å²) in [5, 5.41) is 0. The summed E-state index contributed by atoms with van der Waals surface area (Å²) in [4.78, 5) is 14.0. The molecule has 4 heteroatoms. The van der Waals surface area contributed by atoms with Gasteiger partial charge in [0.05, 0.1) is 6.61 Å². The van der Waals surface area contributed by atoms with Crippen LogP contribution in [0.2, 0.25) is 0 Å². The van der Waals surface area contributed by atoms with Crippen molar-refractivity contribution in [3.8, 4) is 5.75 Å². The van der Waals surface area contributed by atoms with Gasteiger partial charge >= 0.3 is 0 Å². The minimum absolute atomic E-state index is 0.154. The maximum atomic E-state index is 12.0. The summed E-state index contributed by atoms with van der Waals surface area (Å²) in [6.45, 7) is 2.76. The van der Waals surface area contributed by atoms with Crippen LogP contribution in [0.1, 0.15) is 36.8 Å². The number of carbonyl (C=O) groups is 1. The third-order valence-electron chi connectivity index (χ3n) is 4.28. The third kappa shape index (κ3) is 3.69. The Labute approximate surface area is 131 Å². The van der Waals surface area contributed by atoms with Crippen LogP contribution >= 0.6 is 0 Å². The van der Waals surface area contributed by atoms with Gasteiger partial charge in [-0.15, -0.1) is 0 Å². The van der Waals surface area contributed by atoms with Crippen LogP contribution in [0.3, 0.4) is 0 Å². The number of amides is 1. The van der Waals surface area contributed by atoms with Gasteiger partial charge < -0.3 is 14.4 Å². The summed E-state index contributed by atoms with van der Waals surface area (Å²) in [6.07, 6.45) is 8.99. The zero-order valence-corrected chi connectivity index (χ0v) is 12.9. The Morgan fingerprint density at radius 3 is 2.95 bits per heavy atom. The molecule has 0 bridgehead atoms. The number of piperidine rings is 1. The number of nitrogens with zero attached hydrogens (tertiary/aromatic N) is 1. The summed E-state index contributed by atoms with van der Waals surface area (Å²) in [5.74, 6) is 1.08. The van der Waals surface area contributed by atoms with E-state index in [1.165, 1.54) is 12.0 Å². The van der Waals surface area contributed by atoms with E-state index in [9.17, 15) is 4.79 Å². The van der Waals surface area contributed by atoms with Crippen molar-refractivity contribution < 1.29 is 14.3 Å². The molecule has 118 valence electrons. The summed E-state index contributed by atoms with van der Waals surface area (Å²) in [6, 6.07) is 6.11. The van der Waals surface area contributed by atoms with Crippen LogP contribution in [0.15, 0.2) is 30.4 Å². The zero-order chi connectivity index (χ0) is 15.2. The molecule has 0 atom stereocenters. The van der Waals surface area contributed by atoms with Gasteiger partial charge in [0.2, 0.25) is 5.91 Å². The lowest BCUT2D eigenvalue weighted by atomic mass is 10.0. The SMILES string of the molecule is O=C(C=CCCc1cccc2c1COCO2)N1CCCCC1. The third-order valence-corrected chi connectivity index (χ3v) is 4.28. The van der Waals surface area contributed by atoms with Gasteiger partial charge in [-0.3, -0.25) is 4.79 Å². The summed E-state index contributed by atoms with van der Waals surface area (Å²) >= 11 is 0. The van der Waals surface area contributed by atoms with Crippen LogP contribution in [0.5, 0.6) is 5.75 Å². The molecule has 2 aliphatic rings. The van der Waals surface area contributed by atoms with Gasteiger partial charge in [-0.1, -0.05) is 18.2 Å². The maximum absolute atomic E-state index is 12.0. The average Bonchev–Trinajstić information content (AvgIpc) is 2.59. The van der Waals surface area contributed by atoms with Crippen molar-refractivity contribution in [1.82, 2.24) is 4.90 Å². The Hall–Kier alpha value is -1.81. The molecular weight excluding hydrogens is 278 g/mol. The van der Waals surface area contributed by atoms with Crippen LogP contribution < -0.4 is 4.74 Å². The van der Waals surface area contributed by atoms with E-state index in [1.807, 2.05) is 23.1 Å². The fourth-order valence-corrected chi connectivity index (χ4v) is 3.04. The number of hydrogen-bond acceptors (Lipinski definition) is 3. The molecule has 1 saturated heterocycles. The number of rotatable bonds is 4. The molecule has 0 unspecified atom stereocenters. The topological polar surface area (TPSA) is 38.8 Å². The van der Waals surface area contributed by atoms with Crippen LogP contribution in [0.4, 0.5) is 0 Å². The maximum Gasteiger partial charge on any atom is 0.246 e. The van der Waals surface area contributed by atoms with Crippen molar-refractivity contribution in [2.24, 2.45) is 0 Å². The van der Waals surface area contributed by atoms with Crippen LogP contribution in [-0.4, -0.2) is 30.7 Å². The highest BCUT2D eigenvalue weighted by Gasteiger charge is 2.15. The molecule has 1 amide bonds. The number of carbonyl (C=O) groups excluding carboxylic acids is 1. The lowest BCUT2D eigenvalue weighted by Gasteiger charge is -2.25. The Kier molecular flexibility index (Phi) is 5.11. The van der Waals surface area contributed by atoms with Crippen LogP contribution in [0.25, 0.3) is 0 Å². The molecule has 0 N–H and O–H groups in total. The second kappa shape index (κ2) is 7.45. The van der Waals surface area contributed by atoms with Crippen molar-refractivity contribution in [1.29, 1.82) is 0 Å². The van der Waals surface area contributed by atoms with Gasteiger partial charge in [0.1, 0.15) is 5.75 Å². The van der Waals surface area contributed by atoms with Gasteiger partial charge in [0.25, 0.3) is 0 Å². The Morgan fingerprint density at radius 2 is 2.09 bits per heavy atom. The van der Waals surface area contributed by atoms with Crippen molar-refractivity contribution in [2.75, 3.05) is 19.9 Å². The minimum atomic E-state index is 0.154. The molecule has 0 aromatic heterocycles. The number of hydrogen-bond donors (Lipinski definition) is 0. The molecular formula is C18H23NO3. The molecule has 2 aliphatic heterocycles. The highest BCUT2D eigenvalue weighted by atomic mass is 16.7. The normalized spacial score (nSPS) is 18.1. The largest absolute Gasteiger partial charge is 0.467 e. The predicted molar refractivity (Wildman–Crippen MR) is 84.6 cm³/mol. The molecule has 1 aromatic rings. The average molecular weight is 301 g/mol. The molecule has 3 rings (SSSR count). The van der Waals surface area contributed by atoms with Gasteiger partial charge in [-0.25, -0.2) is 0 Å². The first-order chi connectivity index (χ1) is 10.8. The summed E-state index contributed by atoms with van der Waals surface area (Å²) in [7, 11) is 0. The second-order valence-corrected chi connectivity index (χ2v) is 5.83. The monoisotopic (exact) mass is 301 g/mol. The first kappa shape index (κ1) is 15.1. The Bertz CT molecular complexity index is 547. The van der Waals surface area contributed by atoms with Gasteiger partial charge in [0.15, 0.2) is 6.79 Å². The predicted octanol–water partition coefficient (Wildman–Crippen LogP) is 3.05. The van der Waals surface area contributed by atoms with E-state index in [-0.39, 0.29) is 5.91 Å². The van der Waals surface area contributed by atoms with Gasteiger partial charge in [-0.05, 0) is 49.8 Å². The molecule has 0 aliphatic carbocycles. The lowest BCUT2D eigenvalue weighted by molar-refractivity contribution is -0.126. The van der Waals surface area contributed by atoms with Gasteiger partial charge in [-0.2, -0.15) is 0 Å². The van der Waals surface area contributed by atoms with Gasteiger partial charge in [0, 0.05) is 18.7 Å². The Balaban J connectivity index is 1.52. The van der Waals surface area contributed by atoms with E-state index in [2.05, 4.69) is 6.07 Å². The number of ether oxygens (including phenoxy) is 2. The number of fused-ring (bicyclic) bond motifs is 1.